The van der Waals surface area contributed by atoms with Gasteiger partial charge in [-0.15, -0.1) is 0 Å². The third-order valence-corrected chi connectivity index (χ3v) is 6.46. The molecule has 170 valence electrons. The van der Waals surface area contributed by atoms with E-state index in [4.69, 9.17) is 4.98 Å². The van der Waals surface area contributed by atoms with Crippen molar-refractivity contribution in [2.75, 3.05) is 0 Å². The molecule has 0 amide bonds. The fraction of sp³-hybridized carbons (Fsp3) is 0. The average molecular weight is 460 g/mol. The largest absolute Gasteiger partial charge is 0.248 e. The van der Waals surface area contributed by atoms with E-state index >= 15 is 0 Å². The van der Waals surface area contributed by atoms with Gasteiger partial charge in [0.2, 0.25) is 0 Å². The lowest BCUT2D eigenvalue weighted by molar-refractivity contribution is 1.32. The Kier molecular flexibility index (Phi) is 5.96. The summed E-state index contributed by atoms with van der Waals surface area (Å²) in [6.45, 7) is 0. The second-order valence-electron chi connectivity index (χ2n) is 8.89. The highest BCUT2D eigenvalue weighted by molar-refractivity contribution is 5.80. The Balaban J connectivity index is 1.45. The molecule has 0 spiro atoms. The summed E-state index contributed by atoms with van der Waals surface area (Å²) in [6.07, 6.45) is 0. The van der Waals surface area contributed by atoms with Crippen LogP contribution in [0.1, 0.15) is 0 Å². The molecule has 1 nitrogen and oxygen atoms in total. The molecule has 0 aliphatic rings. The van der Waals surface area contributed by atoms with Gasteiger partial charge in [-0.25, -0.2) is 4.98 Å². The molecule has 0 aliphatic heterocycles. The van der Waals surface area contributed by atoms with Crippen molar-refractivity contribution in [3.8, 4) is 55.9 Å². The first-order valence-electron chi connectivity index (χ1n) is 12.2. The van der Waals surface area contributed by atoms with Gasteiger partial charge in [-0.2, -0.15) is 0 Å². The summed E-state index contributed by atoms with van der Waals surface area (Å²) in [7, 11) is 0. The Labute approximate surface area is 212 Å². The van der Waals surface area contributed by atoms with Crippen molar-refractivity contribution in [3.63, 3.8) is 0 Å². The molecule has 0 fully saturated rings. The highest BCUT2D eigenvalue weighted by Crippen LogP contribution is 2.33. The first kappa shape index (κ1) is 21.8. The molecule has 0 saturated heterocycles. The molecule has 6 aromatic rings. The molecule has 1 heterocycles. The molecule has 0 bridgehead atoms. The SMILES string of the molecule is c1ccc(-c2cccc(-c3cccc(-c4cc(-c5ccccc5)nc(-c5ccccc5)c4)c3)c2)cc1. The lowest BCUT2D eigenvalue weighted by Gasteiger charge is -2.12. The van der Waals surface area contributed by atoms with Gasteiger partial charge in [0.05, 0.1) is 11.4 Å². The molecule has 1 aromatic heterocycles. The summed E-state index contributed by atoms with van der Waals surface area (Å²) < 4.78 is 0. The van der Waals surface area contributed by atoms with Gasteiger partial charge in [0.1, 0.15) is 0 Å². The highest BCUT2D eigenvalue weighted by atomic mass is 14.7. The van der Waals surface area contributed by atoms with Gasteiger partial charge in [-0.05, 0) is 57.6 Å². The Hall–Kier alpha value is -4.75. The molecule has 0 aliphatic carbocycles. The zero-order valence-corrected chi connectivity index (χ0v) is 19.9. The van der Waals surface area contributed by atoms with Gasteiger partial charge in [-0.1, -0.05) is 127 Å². The van der Waals surface area contributed by atoms with E-state index < -0.39 is 0 Å². The normalized spacial score (nSPS) is 10.8. The van der Waals surface area contributed by atoms with Crippen LogP contribution in [0.3, 0.4) is 0 Å². The van der Waals surface area contributed by atoms with Gasteiger partial charge in [0, 0.05) is 11.1 Å². The maximum Gasteiger partial charge on any atom is 0.0715 e. The number of benzene rings is 5. The summed E-state index contributed by atoms with van der Waals surface area (Å²) in [5.74, 6) is 0. The zero-order valence-electron chi connectivity index (χ0n) is 19.9. The minimum Gasteiger partial charge on any atom is -0.248 e. The van der Waals surface area contributed by atoms with Crippen LogP contribution in [0.25, 0.3) is 55.9 Å². The first-order valence-corrected chi connectivity index (χ1v) is 12.2. The molecular formula is C35H25N. The smallest absolute Gasteiger partial charge is 0.0715 e. The molecule has 5 aromatic carbocycles. The van der Waals surface area contributed by atoms with Crippen LogP contribution in [0.4, 0.5) is 0 Å². The molecule has 36 heavy (non-hydrogen) atoms. The summed E-state index contributed by atoms with van der Waals surface area (Å²) in [4.78, 5) is 5.03. The van der Waals surface area contributed by atoms with E-state index in [0.29, 0.717) is 0 Å². The van der Waals surface area contributed by atoms with Crippen molar-refractivity contribution < 1.29 is 0 Å². The molecule has 0 saturated carbocycles. The highest BCUT2D eigenvalue weighted by Gasteiger charge is 2.10. The number of pyridine rings is 1. The van der Waals surface area contributed by atoms with Crippen molar-refractivity contribution in [1.82, 2.24) is 4.98 Å². The van der Waals surface area contributed by atoms with Crippen LogP contribution in [-0.2, 0) is 0 Å². The van der Waals surface area contributed by atoms with E-state index in [-0.39, 0.29) is 0 Å². The van der Waals surface area contributed by atoms with E-state index in [1.807, 2.05) is 12.1 Å². The van der Waals surface area contributed by atoms with Crippen LogP contribution in [0.5, 0.6) is 0 Å². The zero-order chi connectivity index (χ0) is 24.2. The van der Waals surface area contributed by atoms with E-state index in [2.05, 4.69) is 140 Å². The Morgan fingerprint density at radius 3 is 1.03 bits per heavy atom. The second-order valence-corrected chi connectivity index (χ2v) is 8.89. The fourth-order valence-corrected chi connectivity index (χ4v) is 4.60. The van der Waals surface area contributed by atoms with E-state index in [1.165, 1.54) is 27.8 Å². The van der Waals surface area contributed by atoms with E-state index in [1.54, 1.807) is 0 Å². The van der Waals surface area contributed by atoms with Gasteiger partial charge in [-0.3, -0.25) is 0 Å². The monoisotopic (exact) mass is 459 g/mol. The van der Waals surface area contributed by atoms with Crippen LogP contribution in [0.2, 0.25) is 0 Å². The van der Waals surface area contributed by atoms with Crippen LogP contribution in [0, 0.1) is 0 Å². The number of hydrogen-bond acceptors (Lipinski definition) is 1. The molecular weight excluding hydrogens is 434 g/mol. The third-order valence-electron chi connectivity index (χ3n) is 6.46. The molecule has 0 atom stereocenters. The van der Waals surface area contributed by atoms with E-state index in [0.717, 1.165) is 28.1 Å². The second kappa shape index (κ2) is 9.85. The number of nitrogens with zero attached hydrogens (tertiary/aromatic N) is 1. The van der Waals surface area contributed by atoms with Crippen molar-refractivity contribution >= 4 is 0 Å². The maximum absolute atomic E-state index is 5.03. The lowest BCUT2D eigenvalue weighted by atomic mass is 9.95. The number of rotatable bonds is 5. The van der Waals surface area contributed by atoms with Gasteiger partial charge in [0.25, 0.3) is 0 Å². The molecule has 0 unspecified atom stereocenters. The van der Waals surface area contributed by atoms with Gasteiger partial charge >= 0.3 is 0 Å². The van der Waals surface area contributed by atoms with E-state index in [9.17, 15) is 0 Å². The van der Waals surface area contributed by atoms with Crippen LogP contribution in [0.15, 0.2) is 152 Å². The molecule has 6 rings (SSSR count). The van der Waals surface area contributed by atoms with Crippen LogP contribution < -0.4 is 0 Å². The van der Waals surface area contributed by atoms with Crippen LogP contribution in [-0.4, -0.2) is 4.98 Å². The van der Waals surface area contributed by atoms with Crippen molar-refractivity contribution in [2.45, 2.75) is 0 Å². The first-order chi connectivity index (χ1) is 17.8. The molecule has 0 N–H and O–H groups in total. The Morgan fingerprint density at radius 1 is 0.250 bits per heavy atom. The Bertz CT molecular complexity index is 1550. The standard InChI is InChI=1S/C35H25N/c1-4-12-26(13-5-1)29-18-10-19-30(22-29)31-20-11-21-32(23-31)33-24-34(27-14-6-2-7-15-27)36-35(25-33)28-16-8-3-9-17-28/h1-25H. The summed E-state index contributed by atoms with van der Waals surface area (Å²) in [6, 6.07) is 53.3. The maximum atomic E-state index is 5.03. The lowest BCUT2D eigenvalue weighted by Crippen LogP contribution is -1.91. The molecule has 0 radical (unpaired) electrons. The number of hydrogen-bond donors (Lipinski definition) is 0. The predicted molar refractivity (Wildman–Crippen MR) is 151 cm³/mol. The summed E-state index contributed by atoms with van der Waals surface area (Å²) in [5, 5.41) is 0. The summed E-state index contributed by atoms with van der Waals surface area (Å²) >= 11 is 0. The quantitative estimate of drug-likeness (QED) is 0.250. The summed E-state index contributed by atoms with van der Waals surface area (Å²) in [5.41, 5.74) is 11.4. The number of aromatic nitrogens is 1. The Morgan fingerprint density at radius 2 is 0.583 bits per heavy atom. The topological polar surface area (TPSA) is 12.9 Å². The fourth-order valence-electron chi connectivity index (χ4n) is 4.60. The predicted octanol–water partition coefficient (Wildman–Crippen LogP) is 9.42. The minimum absolute atomic E-state index is 0.975. The van der Waals surface area contributed by atoms with Gasteiger partial charge < -0.3 is 0 Å². The molecule has 1 heteroatoms. The van der Waals surface area contributed by atoms with Crippen molar-refractivity contribution in [1.29, 1.82) is 0 Å². The van der Waals surface area contributed by atoms with Gasteiger partial charge in [0.15, 0.2) is 0 Å². The van der Waals surface area contributed by atoms with Crippen LogP contribution >= 0.6 is 0 Å². The minimum atomic E-state index is 0.975. The van der Waals surface area contributed by atoms with Crippen molar-refractivity contribution in [2.24, 2.45) is 0 Å². The average Bonchev–Trinajstić information content (AvgIpc) is 2.98. The third kappa shape index (κ3) is 4.60. The van der Waals surface area contributed by atoms with Crippen molar-refractivity contribution in [3.05, 3.63) is 152 Å².